The SMILES string of the molecule is O=P(c1ccccc1)(c1ccccc1)c1ccc2c(c1)C1(c3ccccc3-c3ccccc31)c1cc(Br)ccc1-2. The van der Waals surface area contributed by atoms with E-state index in [0.717, 1.165) is 20.4 Å². The first-order chi connectivity index (χ1) is 19.6. The summed E-state index contributed by atoms with van der Waals surface area (Å²) < 4.78 is 16.5. The van der Waals surface area contributed by atoms with Gasteiger partial charge in [0.2, 0.25) is 0 Å². The summed E-state index contributed by atoms with van der Waals surface area (Å²) in [5.74, 6) is 0. The quantitative estimate of drug-likeness (QED) is 0.188. The summed E-state index contributed by atoms with van der Waals surface area (Å²) in [6.45, 7) is 0. The lowest BCUT2D eigenvalue weighted by atomic mass is 9.70. The van der Waals surface area contributed by atoms with Crippen LogP contribution in [0.4, 0.5) is 0 Å². The van der Waals surface area contributed by atoms with Crippen LogP contribution >= 0.6 is 23.1 Å². The summed E-state index contributed by atoms with van der Waals surface area (Å²) in [6.07, 6.45) is 0. The Balaban J connectivity index is 1.50. The summed E-state index contributed by atoms with van der Waals surface area (Å²) in [5, 5.41) is 2.55. The molecule has 6 aromatic rings. The van der Waals surface area contributed by atoms with Gasteiger partial charge in [0.05, 0.1) is 5.41 Å². The highest BCUT2D eigenvalue weighted by atomic mass is 79.9. The molecule has 0 aliphatic heterocycles. The third-order valence-electron chi connectivity index (χ3n) is 8.64. The van der Waals surface area contributed by atoms with Crippen molar-refractivity contribution in [3.8, 4) is 22.3 Å². The molecule has 0 bridgehead atoms. The van der Waals surface area contributed by atoms with Crippen LogP contribution in [-0.2, 0) is 9.98 Å². The van der Waals surface area contributed by atoms with Crippen molar-refractivity contribution in [3.63, 3.8) is 0 Å². The molecule has 1 spiro atoms. The van der Waals surface area contributed by atoms with Crippen LogP contribution in [0.3, 0.4) is 0 Å². The Labute approximate surface area is 242 Å². The Bertz CT molecular complexity index is 1910. The van der Waals surface area contributed by atoms with E-state index in [9.17, 15) is 0 Å². The van der Waals surface area contributed by atoms with Crippen LogP contribution in [0, 0.1) is 0 Å². The first kappa shape index (κ1) is 23.9. The number of rotatable bonds is 3. The Morgan fingerprint density at radius 3 is 1.45 bits per heavy atom. The summed E-state index contributed by atoms with van der Waals surface area (Å²) >= 11 is 3.78. The predicted molar refractivity (Wildman–Crippen MR) is 170 cm³/mol. The minimum Gasteiger partial charge on any atom is -0.309 e. The molecule has 0 N–H and O–H groups in total. The van der Waals surface area contributed by atoms with E-state index in [-0.39, 0.29) is 0 Å². The van der Waals surface area contributed by atoms with Gasteiger partial charge in [0.25, 0.3) is 0 Å². The molecule has 2 aliphatic rings. The second-order valence-electron chi connectivity index (χ2n) is 10.5. The van der Waals surface area contributed by atoms with Gasteiger partial charge in [-0.15, -0.1) is 0 Å². The number of halogens is 1. The summed E-state index contributed by atoms with van der Waals surface area (Å²) in [4.78, 5) is 0. The molecule has 40 heavy (non-hydrogen) atoms. The van der Waals surface area contributed by atoms with E-state index in [0.29, 0.717) is 0 Å². The van der Waals surface area contributed by atoms with Crippen LogP contribution in [-0.4, -0.2) is 0 Å². The normalized spacial score (nSPS) is 13.9. The van der Waals surface area contributed by atoms with Crippen molar-refractivity contribution in [2.45, 2.75) is 5.41 Å². The molecule has 0 saturated carbocycles. The Morgan fingerprint density at radius 2 is 0.875 bits per heavy atom. The maximum Gasteiger partial charge on any atom is 0.171 e. The fraction of sp³-hybridized carbons (Fsp3) is 0.0270. The van der Waals surface area contributed by atoms with E-state index in [1.165, 1.54) is 44.5 Å². The van der Waals surface area contributed by atoms with Crippen molar-refractivity contribution >= 4 is 39.0 Å². The highest BCUT2D eigenvalue weighted by Crippen LogP contribution is 2.63. The molecule has 0 unspecified atom stereocenters. The molecule has 0 fully saturated rings. The van der Waals surface area contributed by atoms with Crippen LogP contribution in [0.1, 0.15) is 22.3 Å². The third-order valence-corrected chi connectivity index (χ3v) is 12.2. The Hall–Kier alpha value is -3.97. The number of benzene rings is 6. The van der Waals surface area contributed by atoms with Gasteiger partial charge in [-0.05, 0) is 62.7 Å². The van der Waals surface area contributed by atoms with Crippen molar-refractivity contribution in [2.24, 2.45) is 0 Å². The topological polar surface area (TPSA) is 17.1 Å². The van der Waals surface area contributed by atoms with Crippen LogP contribution in [0.15, 0.2) is 150 Å². The second kappa shape index (κ2) is 8.77. The van der Waals surface area contributed by atoms with Gasteiger partial charge in [-0.25, -0.2) is 0 Å². The van der Waals surface area contributed by atoms with Crippen molar-refractivity contribution < 1.29 is 4.57 Å². The van der Waals surface area contributed by atoms with Crippen LogP contribution in [0.2, 0.25) is 0 Å². The molecule has 0 radical (unpaired) electrons. The molecular weight excluding hydrogens is 571 g/mol. The summed E-state index contributed by atoms with van der Waals surface area (Å²) in [5.41, 5.74) is 9.48. The molecule has 0 heterocycles. The zero-order valence-electron chi connectivity index (χ0n) is 21.6. The Morgan fingerprint density at radius 1 is 0.425 bits per heavy atom. The number of hydrogen-bond acceptors (Lipinski definition) is 1. The first-order valence-corrected chi connectivity index (χ1v) is 16.0. The maximum absolute atomic E-state index is 15.4. The monoisotopic (exact) mass is 594 g/mol. The van der Waals surface area contributed by atoms with Crippen molar-refractivity contribution in [1.82, 2.24) is 0 Å². The van der Waals surface area contributed by atoms with E-state index in [1.807, 2.05) is 60.7 Å². The van der Waals surface area contributed by atoms with Gasteiger partial charge >= 0.3 is 0 Å². The molecule has 0 atom stereocenters. The molecule has 1 nitrogen and oxygen atoms in total. The van der Waals surface area contributed by atoms with Gasteiger partial charge in [-0.1, -0.05) is 143 Å². The van der Waals surface area contributed by atoms with Crippen LogP contribution in [0.5, 0.6) is 0 Å². The molecule has 2 aliphatic carbocycles. The predicted octanol–water partition coefficient (Wildman–Crippen LogP) is 8.43. The minimum atomic E-state index is -3.15. The molecule has 0 amide bonds. The average Bonchev–Trinajstić information content (AvgIpc) is 3.48. The minimum absolute atomic E-state index is 0.490. The summed E-state index contributed by atoms with van der Waals surface area (Å²) in [7, 11) is -3.15. The van der Waals surface area contributed by atoms with E-state index in [1.54, 1.807) is 0 Å². The molecule has 0 saturated heterocycles. The lowest BCUT2D eigenvalue weighted by Crippen LogP contribution is -2.29. The van der Waals surface area contributed by atoms with E-state index >= 15 is 4.57 Å². The molecule has 6 aromatic carbocycles. The maximum atomic E-state index is 15.4. The lowest BCUT2D eigenvalue weighted by Gasteiger charge is -2.31. The van der Waals surface area contributed by atoms with Gasteiger partial charge < -0.3 is 4.57 Å². The molecule has 3 heteroatoms. The Kier molecular flexibility index (Phi) is 5.23. The lowest BCUT2D eigenvalue weighted by molar-refractivity contribution is 0.592. The van der Waals surface area contributed by atoms with Gasteiger partial charge in [-0.3, -0.25) is 0 Å². The fourth-order valence-electron chi connectivity index (χ4n) is 7.02. The van der Waals surface area contributed by atoms with Crippen LogP contribution < -0.4 is 15.9 Å². The van der Waals surface area contributed by atoms with E-state index in [2.05, 4.69) is 101 Å². The zero-order valence-corrected chi connectivity index (χ0v) is 24.1. The third kappa shape index (κ3) is 3.07. The van der Waals surface area contributed by atoms with Gasteiger partial charge in [-0.2, -0.15) is 0 Å². The zero-order chi connectivity index (χ0) is 26.9. The standard InChI is InChI=1S/C37H24BrOP/c38-25-19-21-31-32-22-20-28(40(39,26-11-3-1-4-12-26)27-13-5-2-6-14-27)24-36(32)37(35(31)23-25)33-17-9-7-15-29(33)30-16-8-10-18-34(30)37/h1-24H. The van der Waals surface area contributed by atoms with E-state index in [4.69, 9.17) is 0 Å². The second-order valence-corrected chi connectivity index (χ2v) is 14.2. The molecule has 8 rings (SSSR count). The van der Waals surface area contributed by atoms with Crippen LogP contribution in [0.25, 0.3) is 22.3 Å². The summed E-state index contributed by atoms with van der Waals surface area (Å²) in [6, 6.07) is 50.7. The number of fused-ring (bicyclic) bond motifs is 10. The molecule has 0 aromatic heterocycles. The van der Waals surface area contributed by atoms with Crippen molar-refractivity contribution in [3.05, 3.63) is 172 Å². The molecular formula is C37H24BrOP. The smallest absolute Gasteiger partial charge is 0.171 e. The van der Waals surface area contributed by atoms with Crippen molar-refractivity contribution in [1.29, 1.82) is 0 Å². The van der Waals surface area contributed by atoms with Gasteiger partial charge in [0.1, 0.15) is 0 Å². The highest BCUT2D eigenvalue weighted by Gasteiger charge is 2.52. The van der Waals surface area contributed by atoms with E-state index < -0.39 is 12.6 Å². The van der Waals surface area contributed by atoms with Gasteiger partial charge in [0.15, 0.2) is 7.14 Å². The largest absolute Gasteiger partial charge is 0.309 e. The first-order valence-electron chi connectivity index (χ1n) is 13.5. The molecule has 190 valence electrons. The highest BCUT2D eigenvalue weighted by molar-refractivity contribution is 9.10. The van der Waals surface area contributed by atoms with Crippen molar-refractivity contribution in [2.75, 3.05) is 0 Å². The average molecular weight is 595 g/mol. The fourth-order valence-corrected chi connectivity index (χ4v) is 10.1. The van der Waals surface area contributed by atoms with Gasteiger partial charge in [0, 0.05) is 20.4 Å². The number of hydrogen-bond donors (Lipinski definition) is 0.